The topological polar surface area (TPSA) is 111 Å². The Labute approximate surface area is 99.4 Å². The molecule has 0 aliphatic rings. The lowest BCUT2D eigenvalue weighted by Gasteiger charge is -2.07. The molecule has 0 spiro atoms. The molecule has 0 saturated heterocycles. The third-order valence-corrected chi connectivity index (χ3v) is 1.71. The van der Waals surface area contributed by atoms with Crippen molar-refractivity contribution in [3.05, 3.63) is 12.2 Å². The molecule has 96 valence electrons. The number of hydrogen-bond donors (Lipinski definition) is 3. The Morgan fingerprint density at radius 2 is 1.82 bits per heavy atom. The van der Waals surface area contributed by atoms with E-state index in [4.69, 9.17) is 5.73 Å². The van der Waals surface area contributed by atoms with Crippen LogP contribution < -0.4 is 16.4 Å². The summed E-state index contributed by atoms with van der Waals surface area (Å²) >= 11 is 0. The SMILES string of the molecule is COC(=O)C=CC(=O)NCCNC(=O)C(C)N. The first kappa shape index (κ1) is 15.1. The monoisotopic (exact) mass is 243 g/mol. The highest BCUT2D eigenvalue weighted by Gasteiger charge is 2.05. The maximum Gasteiger partial charge on any atom is 0.330 e. The molecule has 17 heavy (non-hydrogen) atoms. The van der Waals surface area contributed by atoms with Crippen molar-refractivity contribution in [3.63, 3.8) is 0 Å². The van der Waals surface area contributed by atoms with Crippen LogP contribution in [0.3, 0.4) is 0 Å². The molecule has 4 N–H and O–H groups in total. The van der Waals surface area contributed by atoms with Crippen molar-refractivity contribution in [2.24, 2.45) is 5.73 Å². The summed E-state index contributed by atoms with van der Waals surface area (Å²) in [6.07, 6.45) is 2.06. The number of carbonyl (C=O) groups is 3. The molecular weight excluding hydrogens is 226 g/mol. The Bertz CT molecular complexity index is 313. The smallest absolute Gasteiger partial charge is 0.330 e. The summed E-state index contributed by atoms with van der Waals surface area (Å²) in [7, 11) is 1.22. The van der Waals surface area contributed by atoms with Gasteiger partial charge in [-0.25, -0.2) is 4.79 Å². The molecule has 0 rings (SSSR count). The van der Waals surface area contributed by atoms with Crippen molar-refractivity contribution in [2.45, 2.75) is 13.0 Å². The van der Waals surface area contributed by atoms with E-state index < -0.39 is 17.9 Å². The summed E-state index contributed by atoms with van der Waals surface area (Å²) in [5.41, 5.74) is 5.31. The number of amides is 2. The second-order valence-corrected chi connectivity index (χ2v) is 3.23. The number of methoxy groups -OCH3 is 1. The fraction of sp³-hybridized carbons (Fsp3) is 0.500. The molecule has 0 saturated carbocycles. The molecule has 2 amide bonds. The van der Waals surface area contributed by atoms with Gasteiger partial charge in [0.15, 0.2) is 0 Å². The molecule has 0 heterocycles. The lowest BCUT2D eigenvalue weighted by Crippen LogP contribution is -2.41. The summed E-state index contributed by atoms with van der Waals surface area (Å²) in [4.78, 5) is 32.8. The van der Waals surface area contributed by atoms with Gasteiger partial charge in [0.2, 0.25) is 11.8 Å². The largest absolute Gasteiger partial charge is 0.466 e. The first-order chi connectivity index (χ1) is 7.97. The zero-order valence-corrected chi connectivity index (χ0v) is 9.86. The number of nitrogens with one attached hydrogen (secondary N) is 2. The molecule has 0 aromatic heterocycles. The van der Waals surface area contributed by atoms with Crippen molar-refractivity contribution in [1.82, 2.24) is 10.6 Å². The minimum atomic E-state index is -0.606. The van der Waals surface area contributed by atoms with Gasteiger partial charge in [-0.1, -0.05) is 0 Å². The Kier molecular flexibility index (Phi) is 7.36. The Balaban J connectivity index is 3.69. The Morgan fingerprint density at radius 3 is 2.35 bits per heavy atom. The highest BCUT2D eigenvalue weighted by atomic mass is 16.5. The molecule has 0 aromatic carbocycles. The average Bonchev–Trinajstić information content (AvgIpc) is 2.30. The van der Waals surface area contributed by atoms with Crippen LogP contribution in [0, 0.1) is 0 Å². The zero-order chi connectivity index (χ0) is 13.3. The minimum absolute atomic E-state index is 0.253. The number of rotatable bonds is 6. The minimum Gasteiger partial charge on any atom is -0.466 e. The summed E-state index contributed by atoms with van der Waals surface area (Å²) in [5.74, 6) is -1.33. The van der Waals surface area contributed by atoms with Crippen LogP contribution in [-0.2, 0) is 19.1 Å². The Morgan fingerprint density at radius 1 is 1.24 bits per heavy atom. The van der Waals surface area contributed by atoms with E-state index in [0.717, 1.165) is 12.2 Å². The van der Waals surface area contributed by atoms with E-state index in [9.17, 15) is 14.4 Å². The summed E-state index contributed by atoms with van der Waals surface area (Å²) in [6, 6.07) is -0.579. The van der Waals surface area contributed by atoms with E-state index in [1.165, 1.54) is 7.11 Å². The fourth-order valence-electron chi connectivity index (χ4n) is 0.803. The molecule has 0 fully saturated rings. The van der Waals surface area contributed by atoms with Crippen molar-refractivity contribution < 1.29 is 19.1 Å². The highest BCUT2D eigenvalue weighted by molar-refractivity contribution is 5.94. The van der Waals surface area contributed by atoms with Gasteiger partial charge in [-0.2, -0.15) is 0 Å². The number of hydrogen-bond acceptors (Lipinski definition) is 5. The van der Waals surface area contributed by atoms with Crippen LogP contribution in [0.15, 0.2) is 12.2 Å². The van der Waals surface area contributed by atoms with Crippen LogP contribution in [0.25, 0.3) is 0 Å². The average molecular weight is 243 g/mol. The van der Waals surface area contributed by atoms with E-state index in [1.54, 1.807) is 6.92 Å². The van der Waals surface area contributed by atoms with E-state index in [2.05, 4.69) is 15.4 Å². The third-order valence-electron chi connectivity index (χ3n) is 1.71. The molecule has 7 nitrogen and oxygen atoms in total. The van der Waals surface area contributed by atoms with Crippen molar-refractivity contribution in [1.29, 1.82) is 0 Å². The third kappa shape index (κ3) is 7.97. The second kappa shape index (κ2) is 8.28. The van der Waals surface area contributed by atoms with Crippen LogP contribution in [0.1, 0.15) is 6.92 Å². The van der Waals surface area contributed by atoms with Gasteiger partial charge in [-0.3, -0.25) is 9.59 Å². The number of ether oxygens (including phenoxy) is 1. The van der Waals surface area contributed by atoms with Gasteiger partial charge in [-0.15, -0.1) is 0 Å². The summed E-state index contributed by atoms with van der Waals surface area (Å²) in [6.45, 7) is 2.09. The number of esters is 1. The maximum atomic E-state index is 11.1. The fourth-order valence-corrected chi connectivity index (χ4v) is 0.803. The van der Waals surface area contributed by atoms with Gasteiger partial charge in [0.05, 0.1) is 13.2 Å². The van der Waals surface area contributed by atoms with E-state index in [1.807, 2.05) is 0 Å². The molecule has 0 aliphatic carbocycles. The van der Waals surface area contributed by atoms with Crippen LogP contribution >= 0.6 is 0 Å². The number of carbonyl (C=O) groups excluding carboxylic acids is 3. The van der Waals surface area contributed by atoms with Gasteiger partial charge >= 0.3 is 5.97 Å². The summed E-state index contributed by atoms with van der Waals surface area (Å²) < 4.78 is 4.31. The van der Waals surface area contributed by atoms with Gasteiger partial charge < -0.3 is 21.1 Å². The van der Waals surface area contributed by atoms with Crippen molar-refractivity contribution in [2.75, 3.05) is 20.2 Å². The molecule has 1 unspecified atom stereocenters. The Hall–Kier alpha value is -1.89. The van der Waals surface area contributed by atoms with E-state index in [0.29, 0.717) is 0 Å². The highest BCUT2D eigenvalue weighted by Crippen LogP contribution is 1.78. The first-order valence-electron chi connectivity index (χ1n) is 5.04. The van der Waals surface area contributed by atoms with Gasteiger partial charge in [0.1, 0.15) is 0 Å². The normalized spacial score (nSPS) is 11.9. The van der Waals surface area contributed by atoms with Crippen LogP contribution in [0.5, 0.6) is 0 Å². The second-order valence-electron chi connectivity index (χ2n) is 3.23. The molecular formula is C10H17N3O4. The zero-order valence-electron chi connectivity index (χ0n) is 9.86. The molecule has 0 bridgehead atoms. The van der Waals surface area contributed by atoms with Gasteiger partial charge in [0.25, 0.3) is 0 Å². The van der Waals surface area contributed by atoms with Crippen molar-refractivity contribution >= 4 is 17.8 Å². The standard InChI is InChI=1S/C10H17N3O4/c1-7(11)10(16)13-6-5-12-8(14)3-4-9(15)17-2/h3-4,7H,5-6,11H2,1-2H3,(H,12,14)(H,13,16). The predicted molar refractivity (Wildman–Crippen MR) is 60.8 cm³/mol. The lowest BCUT2D eigenvalue weighted by molar-refractivity contribution is -0.135. The van der Waals surface area contributed by atoms with Gasteiger partial charge in [-0.05, 0) is 6.92 Å². The number of nitrogens with two attached hydrogens (primary N) is 1. The molecule has 1 atom stereocenters. The lowest BCUT2D eigenvalue weighted by atomic mass is 10.3. The predicted octanol–water partition coefficient (Wildman–Crippen LogP) is -1.70. The summed E-state index contributed by atoms with van der Waals surface area (Å²) in [5, 5.41) is 4.99. The van der Waals surface area contributed by atoms with Crippen LogP contribution in [0.2, 0.25) is 0 Å². The maximum absolute atomic E-state index is 11.1. The molecule has 0 aromatic rings. The quantitative estimate of drug-likeness (QED) is 0.292. The van der Waals surface area contributed by atoms with E-state index in [-0.39, 0.29) is 19.0 Å². The van der Waals surface area contributed by atoms with Gasteiger partial charge in [0, 0.05) is 25.2 Å². The molecule has 0 aliphatic heterocycles. The molecule has 7 heteroatoms. The van der Waals surface area contributed by atoms with Crippen LogP contribution in [0.4, 0.5) is 0 Å². The molecule has 0 radical (unpaired) electrons. The first-order valence-corrected chi connectivity index (χ1v) is 5.04. The van der Waals surface area contributed by atoms with Crippen LogP contribution in [-0.4, -0.2) is 44.0 Å². The van der Waals surface area contributed by atoms with Crippen molar-refractivity contribution in [3.8, 4) is 0 Å². The van der Waals surface area contributed by atoms with E-state index >= 15 is 0 Å².